The van der Waals surface area contributed by atoms with Gasteiger partial charge in [0.25, 0.3) is 0 Å². The van der Waals surface area contributed by atoms with E-state index < -0.39 is 11.6 Å². The lowest BCUT2D eigenvalue weighted by atomic mass is 10.2. The van der Waals surface area contributed by atoms with Gasteiger partial charge in [0.15, 0.2) is 0 Å². The minimum atomic E-state index is -0.537. The Kier molecular flexibility index (Phi) is 5.19. The summed E-state index contributed by atoms with van der Waals surface area (Å²) < 4.78 is 5.13. The number of carbonyl (C=O) groups excluding carboxylic acids is 2. The fraction of sp³-hybridized carbons (Fsp3) is 0.571. The van der Waals surface area contributed by atoms with Gasteiger partial charge in [0.1, 0.15) is 5.60 Å². The summed E-state index contributed by atoms with van der Waals surface area (Å²) in [6.45, 7) is 9.01. The standard InChI is InChI=1S/C14H21N3O3/c1-9-8-10(2)16-13(15-9)17-11(18)6-7-12(19)20-14(3,4)5/h8H,6-7H2,1-5H3,(H,15,16,17,18). The molecular formula is C14H21N3O3. The summed E-state index contributed by atoms with van der Waals surface area (Å²) in [4.78, 5) is 31.4. The first-order chi connectivity index (χ1) is 9.15. The van der Waals surface area contributed by atoms with E-state index >= 15 is 0 Å². The van der Waals surface area contributed by atoms with E-state index in [1.807, 2.05) is 19.9 Å². The monoisotopic (exact) mass is 279 g/mol. The number of nitrogens with one attached hydrogen (secondary N) is 1. The third kappa shape index (κ3) is 6.26. The third-order valence-corrected chi connectivity index (χ3v) is 2.21. The summed E-state index contributed by atoms with van der Waals surface area (Å²) in [6.07, 6.45) is 0.0825. The Balaban J connectivity index is 2.46. The van der Waals surface area contributed by atoms with Gasteiger partial charge in [-0.25, -0.2) is 9.97 Å². The van der Waals surface area contributed by atoms with Crippen molar-refractivity contribution in [1.82, 2.24) is 9.97 Å². The smallest absolute Gasteiger partial charge is 0.306 e. The second-order valence-corrected chi connectivity index (χ2v) is 5.61. The van der Waals surface area contributed by atoms with E-state index in [0.29, 0.717) is 0 Å². The Morgan fingerprint density at radius 3 is 2.20 bits per heavy atom. The van der Waals surface area contributed by atoms with Crippen molar-refractivity contribution >= 4 is 17.8 Å². The molecule has 6 nitrogen and oxygen atoms in total. The van der Waals surface area contributed by atoms with Crippen LogP contribution in [-0.4, -0.2) is 27.4 Å². The molecule has 1 amide bonds. The second-order valence-electron chi connectivity index (χ2n) is 5.61. The van der Waals surface area contributed by atoms with Crippen molar-refractivity contribution in [1.29, 1.82) is 0 Å². The molecule has 0 aliphatic carbocycles. The zero-order valence-corrected chi connectivity index (χ0v) is 12.6. The van der Waals surface area contributed by atoms with Gasteiger partial charge in [0.05, 0.1) is 6.42 Å². The number of esters is 1. The fourth-order valence-electron chi connectivity index (χ4n) is 1.58. The first-order valence-electron chi connectivity index (χ1n) is 6.50. The molecule has 0 saturated heterocycles. The highest BCUT2D eigenvalue weighted by atomic mass is 16.6. The molecule has 20 heavy (non-hydrogen) atoms. The molecular weight excluding hydrogens is 258 g/mol. The molecule has 0 unspecified atom stereocenters. The quantitative estimate of drug-likeness (QED) is 0.854. The summed E-state index contributed by atoms with van der Waals surface area (Å²) in [7, 11) is 0. The van der Waals surface area contributed by atoms with E-state index in [2.05, 4.69) is 15.3 Å². The van der Waals surface area contributed by atoms with Gasteiger partial charge in [-0.1, -0.05) is 0 Å². The van der Waals surface area contributed by atoms with Gasteiger partial charge in [-0.05, 0) is 40.7 Å². The van der Waals surface area contributed by atoms with Crippen LogP contribution >= 0.6 is 0 Å². The maximum absolute atomic E-state index is 11.7. The number of rotatable bonds is 4. The number of aromatic nitrogens is 2. The highest BCUT2D eigenvalue weighted by Gasteiger charge is 2.17. The number of hydrogen-bond acceptors (Lipinski definition) is 5. The Hall–Kier alpha value is -1.98. The van der Waals surface area contributed by atoms with Crippen LogP contribution in [0.15, 0.2) is 6.07 Å². The molecule has 0 fully saturated rings. The van der Waals surface area contributed by atoms with Gasteiger partial charge in [0.2, 0.25) is 11.9 Å². The van der Waals surface area contributed by atoms with Crippen LogP contribution in [0.1, 0.15) is 45.0 Å². The minimum absolute atomic E-state index is 0.0356. The molecule has 110 valence electrons. The highest BCUT2D eigenvalue weighted by molar-refractivity contribution is 5.91. The number of anilines is 1. The number of carbonyl (C=O) groups is 2. The van der Waals surface area contributed by atoms with Gasteiger partial charge in [-0.2, -0.15) is 0 Å². The zero-order valence-electron chi connectivity index (χ0n) is 12.6. The molecule has 0 atom stereocenters. The molecule has 0 radical (unpaired) electrons. The first kappa shape index (κ1) is 16.1. The Bertz CT molecular complexity index is 487. The molecule has 0 aliphatic heterocycles. The van der Waals surface area contributed by atoms with Crippen molar-refractivity contribution < 1.29 is 14.3 Å². The fourth-order valence-corrected chi connectivity index (χ4v) is 1.58. The van der Waals surface area contributed by atoms with Gasteiger partial charge in [0, 0.05) is 17.8 Å². The van der Waals surface area contributed by atoms with Gasteiger partial charge < -0.3 is 4.74 Å². The van der Waals surface area contributed by atoms with Crippen LogP contribution in [-0.2, 0) is 14.3 Å². The zero-order chi connectivity index (χ0) is 15.3. The van der Waals surface area contributed by atoms with Crippen molar-refractivity contribution in [3.63, 3.8) is 0 Å². The molecule has 0 aliphatic rings. The summed E-state index contributed by atoms with van der Waals surface area (Å²) >= 11 is 0. The SMILES string of the molecule is Cc1cc(C)nc(NC(=O)CCC(=O)OC(C)(C)C)n1. The average molecular weight is 279 g/mol. The van der Waals surface area contributed by atoms with Crippen molar-refractivity contribution in [2.45, 2.75) is 53.1 Å². The van der Waals surface area contributed by atoms with E-state index in [-0.39, 0.29) is 24.7 Å². The average Bonchev–Trinajstić information content (AvgIpc) is 2.22. The minimum Gasteiger partial charge on any atom is -0.460 e. The maximum Gasteiger partial charge on any atom is 0.306 e. The lowest BCUT2D eigenvalue weighted by Crippen LogP contribution is -2.25. The third-order valence-electron chi connectivity index (χ3n) is 2.21. The van der Waals surface area contributed by atoms with Crippen molar-refractivity contribution in [3.8, 4) is 0 Å². The van der Waals surface area contributed by atoms with Crippen LogP contribution in [0.2, 0.25) is 0 Å². The molecule has 0 saturated carbocycles. The summed E-state index contributed by atoms with van der Waals surface area (Å²) in [6, 6.07) is 1.82. The van der Waals surface area contributed by atoms with Crippen LogP contribution in [0, 0.1) is 13.8 Å². The van der Waals surface area contributed by atoms with Crippen LogP contribution < -0.4 is 5.32 Å². The number of hydrogen-bond donors (Lipinski definition) is 1. The summed E-state index contributed by atoms with van der Waals surface area (Å²) in [5, 5.41) is 2.57. The van der Waals surface area contributed by atoms with Crippen LogP contribution in [0.4, 0.5) is 5.95 Å². The predicted molar refractivity (Wildman–Crippen MR) is 75.2 cm³/mol. The lowest BCUT2D eigenvalue weighted by Gasteiger charge is -2.19. The van der Waals surface area contributed by atoms with Crippen molar-refractivity contribution in [3.05, 3.63) is 17.5 Å². The second kappa shape index (κ2) is 6.45. The molecule has 1 aromatic heterocycles. The van der Waals surface area contributed by atoms with E-state index in [4.69, 9.17) is 4.74 Å². The van der Waals surface area contributed by atoms with Gasteiger partial charge in [-0.3, -0.25) is 14.9 Å². The molecule has 1 aromatic rings. The summed E-state index contributed by atoms with van der Waals surface area (Å²) in [5.41, 5.74) is 1.02. The molecule has 1 rings (SSSR count). The van der Waals surface area contributed by atoms with E-state index in [0.717, 1.165) is 11.4 Å². The number of aryl methyl sites for hydroxylation is 2. The number of ether oxygens (including phenoxy) is 1. The Labute approximate surface area is 119 Å². The van der Waals surface area contributed by atoms with E-state index in [1.165, 1.54) is 0 Å². The van der Waals surface area contributed by atoms with Crippen LogP contribution in [0.25, 0.3) is 0 Å². The molecule has 0 bridgehead atoms. The van der Waals surface area contributed by atoms with Crippen LogP contribution in [0.5, 0.6) is 0 Å². The maximum atomic E-state index is 11.7. The predicted octanol–water partition coefficient (Wildman–Crippen LogP) is 2.15. The van der Waals surface area contributed by atoms with Gasteiger partial charge in [-0.15, -0.1) is 0 Å². The normalized spacial score (nSPS) is 11.1. The Morgan fingerprint density at radius 2 is 1.70 bits per heavy atom. The van der Waals surface area contributed by atoms with Crippen molar-refractivity contribution in [2.24, 2.45) is 0 Å². The molecule has 0 aromatic carbocycles. The molecule has 1 heterocycles. The molecule has 1 N–H and O–H groups in total. The molecule has 6 heteroatoms. The highest BCUT2D eigenvalue weighted by Crippen LogP contribution is 2.10. The lowest BCUT2D eigenvalue weighted by molar-refractivity contribution is -0.155. The van der Waals surface area contributed by atoms with E-state index in [9.17, 15) is 9.59 Å². The van der Waals surface area contributed by atoms with Crippen LogP contribution in [0.3, 0.4) is 0 Å². The topological polar surface area (TPSA) is 81.2 Å². The number of amides is 1. The molecule has 0 spiro atoms. The van der Waals surface area contributed by atoms with E-state index in [1.54, 1.807) is 20.8 Å². The van der Waals surface area contributed by atoms with Crippen molar-refractivity contribution in [2.75, 3.05) is 5.32 Å². The first-order valence-corrected chi connectivity index (χ1v) is 6.50. The largest absolute Gasteiger partial charge is 0.460 e. The Morgan fingerprint density at radius 1 is 1.15 bits per heavy atom. The number of nitrogens with zero attached hydrogens (tertiary/aromatic N) is 2. The van der Waals surface area contributed by atoms with Gasteiger partial charge >= 0.3 is 5.97 Å². The summed E-state index contributed by atoms with van der Waals surface area (Å²) in [5.74, 6) is -0.438.